The highest BCUT2D eigenvalue weighted by Crippen LogP contribution is 2.19. The molecule has 0 radical (unpaired) electrons. The van der Waals surface area contributed by atoms with E-state index in [-0.39, 0.29) is 30.4 Å². The van der Waals surface area contributed by atoms with Gasteiger partial charge in [0.25, 0.3) is 5.91 Å². The lowest BCUT2D eigenvalue weighted by molar-refractivity contribution is -0.149. The molecule has 1 unspecified atom stereocenters. The largest absolute Gasteiger partial charge is 0.480 e. The first-order valence-electron chi connectivity index (χ1n) is 6.38. The summed E-state index contributed by atoms with van der Waals surface area (Å²) in [5.41, 5.74) is 0.273. The van der Waals surface area contributed by atoms with E-state index in [9.17, 15) is 14.4 Å². The fourth-order valence-electron chi connectivity index (χ4n) is 2.42. The lowest BCUT2D eigenvalue weighted by Gasteiger charge is -2.34. The van der Waals surface area contributed by atoms with Crippen molar-refractivity contribution < 1.29 is 19.5 Å². The third kappa shape index (κ3) is 2.74. The van der Waals surface area contributed by atoms with Gasteiger partial charge < -0.3 is 10.0 Å². The van der Waals surface area contributed by atoms with Gasteiger partial charge >= 0.3 is 5.97 Å². The second-order valence-corrected chi connectivity index (χ2v) is 4.81. The van der Waals surface area contributed by atoms with E-state index in [0.717, 1.165) is 17.9 Å². The van der Waals surface area contributed by atoms with Crippen LogP contribution < -0.4 is 0 Å². The van der Waals surface area contributed by atoms with Gasteiger partial charge in [0.2, 0.25) is 5.91 Å². The molecule has 2 aliphatic rings. The summed E-state index contributed by atoms with van der Waals surface area (Å²) in [7, 11) is 1.50. The van der Waals surface area contributed by atoms with E-state index in [4.69, 9.17) is 5.11 Å². The van der Waals surface area contributed by atoms with Crippen LogP contribution in [0.1, 0.15) is 32.1 Å². The number of hydrogen-bond acceptors (Lipinski definition) is 4. The Morgan fingerprint density at radius 2 is 2.05 bits per heavy atom. The average Bonchev–Trinajstić information content (AvgIpc) is 2.41. The van der Waals surface area contributed by atoms with Gasteiger partial charge in [0.1, 0.15) is 11.8 Å². The van der Waals surface area contributed by atoms with E-state index >= 15 is 0 Å². The molecule has 1 N–H and O–H groups in total. The van der Waals surface area contributed by atoms with Crippen LogP contribution in [0.2, 0.25) is 0 Å². The van der Waals surface area contributed by atoms with Crippen molar-refractivity contribution in [1.82, 2.24) is 9.91 Å². The fraction of sp³-hybridized carbons (Fsp3) is 0.667. The highest BCUT2D eigenvalue weighted by molar-refractivity contribution is 6.39. The minimum absolute atomic E-state index is 0.134. The van der Waals surface area contributed by atoms with Crippen LogP contribution in [0.4, 0.5) is 0 Å². The van der Waals surface area contributed by atoms with E-state index < -0.39 is 12.0 Å². The number of carbonyl (C=O) groups excluding carboxylic acids is 2. The smallest absolute Gasteiger partial charge is 0.326 e. The molecule has 2 heterocycles. The molecule has 0 saturated carbocycles. The monoisotopic (exact) mass is 267 g/mol. The molecule has 0 spiro atoms. The SMILES string of the molecule is CN1N=C(C(=O)N2CCCCC2C(=O)O)CCC1=O. The Balaban J connectivity index is 2.16. The van der Waals surface area contributed by atoms with Crippen molar-refractivity contribution in [2.75, 3.05) is 13.6 Å². The second-order valence-electron chi connectivity index (χ2n) is 4.81. The van der Waals surface area contributed by atoms with Gasteiger partial charge in [-0.2, -0.15) is 5.10 Å². The molecule has 2 aliphatic heterocycles. The summed E-state index contributed by atoms with van der Waals surface area (Å²) in [6.45, 7) is 0.437. The van der Waals surface area contributed by atoms with Crippen LogP contribution >= 0.6 is 0 Å². The number of piperidine rings is 1. The van der Waals surface area contributed by atoms with Gasteiger partial charge in [-0.3, -0.25) is 9.59 Å². The van der Waals surface area contributed by atoms with Crippen LogP contribution in [0.15, 0.2) is 5.10 Å². The number of carboxylic acids is 1. The summed E-state index contributed by atoms with van der Waals surface area (Å²) in [5.74, 6) is -1.47. The molecule has 1 fully saturated rings. The van der Waals surface area contributed by atoms with E-state index in [2.05, 4.69) is 5.10 Å². The molecule has 2 rings (SSSR count). The zero-order valence-electron chi connectivity index (χ0n) is 10.8. The Bertz CT molecular complexity index is 446. The van der Waals surface area contributed by atoms with Crippen LogP contribution in [-0.4, -0.2) is 58.1 Å². The molecule has 7 heteroatoms. The number of aliphatic carboxylic acids is 1. The van der Waals surface area contributed by atoms with Crippen molar-refractivity contribution in [1.29, 1.82) is 0 Å². The fourth-order valence-corrected chi connectivity index (χ4v) is 2.42. The van der Waals surface area contributed by atoms with Crippen molar-refractivity contribution >= 4 is 23.5 Å². The van der Waals surface area contributed by atoms with Crippen molar-refractivity contribution in [3.8, 4) is 0 Å². The number of likely N-dealkylation sites (tertiary alicyclic amines) is 1. The standard InChI is InChI=1S/C12H17N3O4/c1-14-10(16)6-5-8(13-14)11(17)15-7-3-2-4-9(15)12(18)19/h9H,2-7H2,1H3,(H,18,19). The molecule has 19 heavy (non-hydrogen) atoms. The molecule has 0 aromatic rings. The molecule has 2 amide bonds. The van der Waals surface area contributed by atoms with Crippen molar-refractivity contribution in [3.63, 3.8) is 0 Å². The van der Waals surface area contributed by atoms with Gasteiger partial charge in [-0.25, -0.2) is 9.80 Å². The summed E-state index contributed by atoms with van der Waals surface area (Å²) in [5, 5.41) is 14.2. The number of hydrogen-bond donors (Lipinski definition) is 1. The Morgan fingerprint density at radius 1 is 1.32 bits per heavy atom. The molecule has 0 aromatic carbocycles. The average molecular weight is 267 g/mol. The summed E-state index contributed by atoms with van der Waals surface area (Å²) in [4.78, 5) is 36.2. The predicted octanol–water partition coefficient (Wildman–Crippen LogP) is 0.0603. The van der Waals surface area contributed by atoms with Gasteiger partial charge in [0.05, 0.1) is 0 Å². The summed E-state index contributed by atoms with van der Waals surface area (Å²) < 4.78 is 0. The Kier molecular flexibility index (Phi) is 3.82. The molecule has 104 valence electrons. The molecular formula is C12H17N3O4. The number of hydrazone groups is 1. The zero-order chi connectivity index (χ0) is 14.0. The van der Waals surface area contributed by atoms with Crippen LogP contribution in [0.25, 0.3) is 0 Å². The first kappa shape index (κ1) is 13.5. The third-order valence-electron chi connectivity index (χ3n) is 3.50. The highest BCUT2D eigenvalue weighted by Gasteiger charge is 2.35. The van der Waals surface area contributed by atoms with Gasteiger partial charge in [-0.05, 0) is 19.3 Å². The molecule has 7 nitrogen and oxygen atoms in total. The van der Waals surface area contributed by atoms with Crippen LogP contribution in [0.5, 0.6) is 0 Å². The first-order valence-corrected chi connectivity index (χ1v) is 6.38. The summed E-state index contributed by atoms with van der Waals surface area (Å²) in [6, 6.07) is -0.771. The van der Waals surface area contributed by atoms with Crippen LogP contribution in [-0.2, 0) is 14.4 Å². The van der Waals surface area contributed by atoms with E-state index in [1.165, 1.54) is 11.9 Å². The first-order chi connectivity index (χ1) is 9.00. The number of rotatable bonds is 2. The lowest BCUT2D eigenvalue weighted by Crippen LogP contribution is -2.51. The molecule has 0 aliphatic carbocycles. The van der Waals surface area contributed by atoms with Crippen LogP contribution in [0.3, 0.4) is 0 Å². The molecule has 1 atom stereocenters. The predicted molar refractivity (Wildman–Crippen MR) is 66.4 cm³/mol. The van der Waals surface area contributed by atoms with Crippen molar-refractivity contribution in [2.45, 2.75) is 38.1 Å². The normalized spacial score (nSPS) is 24.2. The second kappa shape index (κ2) is 5.38. The van der Waals surface area contributed by atoms with Crippen LogP contribution in [0, 0.1) is 0 Å². The maximum atomic E-state index is 12.3. The summed E-state index contributed by atoms with van der Waals surface area (Å²) >= 11 is 0. The Morgan fingerprint density at radius 3 is 2.68 bits per heavy atom. The van der Waals surface area contributed by atoms with Crippen molar-refractivity contribution in [2.24, 2.45) is 5.10 Å². The highest BCUT2D eigenvalue weighted by atomic mass is 16.4. The number of nitrogens with zero attached hydrogens (tertiary/aromatic N) is 3. The quantitative estimate of drug-likeness (QED) is 0.766. The maximum Gasteiger partial charge on any atom is 0.326 e. The molecular weight excluding hydrogens is 250 g/mol. The van der Waals surface area contributed by atoms with E-state index in [1.54, 1.807) is 0 Å². The minimum Gasteiger partial charge on any atom is -0.480 e. The van der Waals surface area contributed by atoms with E-state index in [1.807, 2.05) is 0 Å². The van der Waals surface area contributed by atoms with Crippen molar-refractivity contribution in [3.05, 3.63) is 0 Å². The molecule has 0 bridgehead atoms. The van der Waals surface area contributed by atoms with Gasteiger partial charge in [-0.1, -0.05) is 0 Å². The lowest BCUT2D eigenvalue weighted by atomic mass is 10.0. The van der Waals surface area contributed by atoms with Gasteiger partial charge in [0.15, 0.2) is 0 Å². The number of carboxylic acid groups (broad SMARTS) is 1. The zero-order valence-corrected chi connectivity index (χ0v) is 10.8. The van der Waals surface area contributed by atoms with E-state index in [0.29, 0.717) is 13.0 Å². The minimum atomic E-state index is -0.978. The topological polar surface area (TPSA) is 90.3 Å². The maximum absolute atomic E-state index is 12.3. The van der Waals surface area contributed by atoms with Gasteiger partial charge in [-0.15, -0.1) is 0 Å². The summed E-state index contributed by atoms with van der Waals surface area (Å²) in [6.07, 6.45) is 2.61. The Hall–Kier alpha value is -1.92. The third-order valence-corrected chi connectivity index (χ3v) is 3.50. The molecule has 1 saturated heterocycles. The van der Waals surface area contributed by atoms with Gasteiger partial charge in [0, 0.05) is 26.4 Å². The number of amides is 2. The molecule has 0 aromatic heterocycles. The Labute approximate surface area is 110 Å². The number of carbonyl (C=O) groups is 3.